The Morgan fingerprint density at radius 1 is 1.33 bits per heavy atom. The van der Waals surface area contributed by atoms with Crippen molar-refractivity contribution in [2.24, 2.45) is 0 Å². The first-order valence-electron chi connectivity index (χ1n) is 4.51. The summed E-state index contributed by atoms with van der Waals surface area (Å²) in [4.78, 5) is 15.5. The van der Waals surface area contributed by atoms with Gasteiger partial charge in [0.15, 0.2) is 0 Å². The van der Waals surface area contributed by atoms with Crippen LogP contribution in [0.5, 0.6) is 0 Å². The van der Waals surface area contributed by atoms with Crippen LogP contribution < -0.4 is 5.32 Å². The molecule has 1 N–H and O–H groups in total. The number of amides is 1. The molecule has 0 saturated heterocycles. The molecule has 0 fully saturated rings. The van der Waals surface area contributed by atoms with E-state index < -0.39 is 0 Å². The predicted molar refractivity (Wildman–Crippen MR) is 64.2 cm³/mol. The number of aromatic nitrogens is 1. The number of carbonyl (C=O) groups is 1. The monoisotopic (exact) mass is 264 g/mol. The van der Waals surface area contributed by atoms with Gasteiger partial charge in [0.05, 0.1) is 16.5 Å². The number of pyridine rings is 1. The zero-order chi connectivity index (χ0) is 10.7. The second kappa shape index (κ2) is 4.40. The Bertz CT molecular complexity index is 493. The SMILES string of the molecule is O=C(CBr)Nc1cccc2cccnc12. The normalized spacial score (nSPS) is 10.2. The molecule has 0 aliphatic carbocycles. The Morgan fingerprint density at radius 2 is 2.13 bits per heavy atom. The Kier molecular flexibility index (Phi) is 2.97. The molecule has 1 heterocycles. The van der Waals surface area contributed by atoms with Crippen molar-refractivity contribution in [2.75, 3.05) is 10.6 Å². The van der Waals surface area contributed by atoms with Gasteiger partial charge in [-0.1, -0.05) is 34.1 Å². The maximum Gasteiger partial charge on any atom is 0.235 e. The number of halogens is 1. The first-order valence-corrected chi connectivity index (χ1v) is 5.63. The molecule has 2 aromatic rings. The molecule has 0 aliphatic heterocycles. The third-order valence-electron chi connectivity index (χ3n) is 2.03. The van der Waals surface area contributed by atoms with Crippen LogP contribution in [-0.2, 0) is 4.79 Å². The average molecular weight is 265 g/mol. The lowest BCUT2D eigenvalue weighted by Gasteiger charge is -2.05. The summed E-state index contributed by atoms with van der Waals surface area (Å²) in [5.41, 5.74) is 1.56. The summed E-state index contributed by atoms with van der Waals surface area (Å²) < 4.78 is 0. The fourth-order valence-electron chi connectivity index (χ4n) is 1.39. The molecular formula is C11H9BrN2O. The van der Waals surface area contributed by atoms with Crippen LogP contribution >= 0.6 is 15.9 Å². The number of rotatable bonds is 2. The number of fused-ring (bicyclic) bond motifs is 1. The second-order valence-electron chi connectivity index (χ2n) is 3.06. The number of hydrogen-bond donors (Lipinski definition) is 1. The molecule has 1 amide bonds. The van der Waals surface area contributed by atoms with E-state index in [0.717, 1.165) is 16.6 Å². The predicted octanol–water partition coefficient (Wildman–Crippen LogP) is 2.57. The second-order valence-corrected chi connectivity index (χ2v) is 3.62. The summed E-state index contributed by atoms with van der Waals surface area (Å²) in [6.45, 7) is 0. The highest BCUT2D eigenvalue weighted by atomic mass is 79.9. The van der Waals surface area contributed by atoms with Crippen LogP contribution in [0.25, 0.3) is 10.9 Å². The highest BCUT2D eigenvalue weighted by molar-refractivity contribution is 9.09. The smallest absolute Gasteiger partial charge is 0.235 e. The molecule has 0 saturated carbocycles. The molecule has 0 radical (unpaired) electrons. The average Bonchev–Trinajstić information content (AvgIpc) is 2.29. The van der Waals surface area contributed by atoms with Gasteiger partial charge in [0.25, 0.3) is 0 Å². The highest BCUT2D eigenvalue weighted by Gasteiger charge is 2.04. The van der Waals surface area contributed by atoms with E-state index in [1.807, 2.05) is 30.3 Å². The summed E-state index contributed by atoms with van der Waals surface area (Å²) in [5.74, 6) is -0.0758. The topological polar surface area (TPSA) is 42.0 Å². The van der Waals surface area contributed by atoms with E-state index in [1.165, 1.54) is 0 Å². The number of anilines is 1. The minimum atomic E-state index is -0.0758. The summed E-state index contributed by atoms with van der Waals surface area (Å²) in [7, 11) is 0. The molecule has 3 nitrogen and oxygen atoms in total. The van der Waals surface area contributed by atoms with Crippen molar-refractivity contribution in [3.8, 4) is 0 Å². The third kappa shape index (κ3) is 2.15. The lowest BCUT2D eigenvalue weighted by molar-refractivity contribution is -0.113. The van der Waals surface area contributed by atoms with Crippen molar-refractivity contribution in [3.63, 3.8) is 0 Å². The number of carbonyl (C=O) groups excluding carboxylic acids is 1. The minimum Gasteiger partial charge on any atom is -0.323 e. The van der Waals surface area contributed by atoms with Gasteiger partial charge in [0.1, 0.15) is 0 Å². The minimum absolute atomic E-state index is 0.0758. The lowest BCUT2D eigenvalue weighted by atomic mass is 10.2. The molecule has 1 aromatic carbocycles. The van der Waals surface area contributed by atoms with Crippen LogP contribution in [0.2, 0.25) is 0 Å². The molecular weight excluding hydrogens is 256 g/mol. The maximum atomic E-state index is 11.2. The Balaban J connectivity index is 2.46. The third-order valence-corrected chi connectivity index (χ3v) is 2.54. The Morgan fingerprint density at radius 3 is 2.93 bits per heavy atom. The summed E-state index contributed by atoms with van der Waals surface area (Å²) >= 11 is 3.10. The van der Waals surface area contributed by atoms with Crippen molar-refractivity contribution >= 4 is 38.4 Å². The number of hydrogen-bond acceptors (Lipinski definition) is 2. The fraction of sp³-hybridized carbons (Fsp3) is 0.0909. The molecule has 0 atom stereocenters. The molecule has 1 aromatic heterocycles. The van der Waals surface area contributed by atoms with Gasteiger partial charge in [0, 0.05) is 11.6 Å². The van der Waals surface area contributed by atoms with Gasteiger partial charge < -0.3 is 5.32 Å². The fourth-order valence-corrected chi connectivity index (χ4v) is 1.53. The van der Waals surface area contributed by atoms with E-state index >= 15 is 0 Å². The number of para-hydroxylation sites is 1. The first-order chi connectivity index (χ1) is 7.31. The highest BCUT2D eigenvalue weighted by Crippen LogP contribution is 2.20. The van der Waals surface area contributed by atoms with Crippen molar-refractivity contribution in [2.45, 2.75) is 0 Å². The van der Waals surface area contributed by atoms with E-state index in [-0.39, 0.29) is 11.2 Å². The van der Waals surface area contributed by atoms with Crippen LogP contribution in [0.1, 0.15) is 0 Å². The largest absolute Gasteiger partial charge is 0.323 e. The van der Waals surface area contributed by atoms with E-state index in [9.17, 15) is 4.79 Å². The van der Waals surface area contributed by atoms with Crippen LogP contribution in [0.4, 0.5) is 5.69 Å². The van der Waals surface area contributed by atoms with Gasteiger partial charge in [-0.3, -0.25) is 9.78 Å². The van der Waals surface area contributed by atoms with E-state index in [1.54, 1.807) is 6.20 Å². The van der Waals surface area contributed by atoms with Crippen LogP contribution in [0.3, 0.4) is 0 Å². The number of benzene rings is 1. The van der Waals surface area contributed by atoms with Gasteiger partial charge >= 0.3 is 0 Å². The summed E-state index contributed by atoms with van der Waals surface area (Å²) in [6.07, 6.45) is 1.71. The Labute approximate surface area is 95.6 Å². The van der Waals surface area contributed by atoms with Gasteiger partial charge in [-0.05, 0) is 12.1 Å². The van der Waals surface area contributed by atoms with Gasteiger partial charge in [-0.2, -0.15) is 0 Å². The molecule has 0 unspecified atom stereocenters. The molecule has 4 heteroatoms. The van der Waals surface area contributed by atoms with E-state index in [0.29, 0.717) is 0 Å². The zero-order valence-electron chi connectivity index (χ0n) is 7.90. The molecule has 76 valence electrons. The molecule has 0 bridgehead atoms. The van der Waals surface area contributed by atoms with Crippen molar-refractivity contribution in [1.29, 1.82) is 0 Å². The van der Waals surface area contributed by atoms with Gasteiger partial charge in [-0.25, -0.2) is 0 Å². The van der Waals surface area contributed by atoms with Crippen molar-refractivity contribution < 1.29 is 4.79 Å². The van der Waals surface area contributed by atoms with Gasteiger partial charge in [-0.15, -0.1) is 0 Å². The molecule has 15 heavy (non-hydrogen) atoms. The molecule has 0 spiro atoms. The maximum absolute atomic E-state index is 11.2. The standard InChI is InChI=1S/C11H9BrN2O/c12-7-10(15)14-9-5-1-3-8-4-2-6-13-11(8)9/h1-6H,7H2,(H,14,15). The van der Waals surface area contributed by atoms with Crippen molar-refractivity contribution in [3.05, 3.63) is 36.5 Å². The van der Waals surface area contributed by atoms with Crippen LogP contribution in [0.15, 0.2) is 36.5 Å². The number of alkyl halides is 1. The zero-order valence-corrected chi connectivity index (χ0v) is 9.49. The molecule has 2 rings (SSSR count). The van der Waals surface area contributed by atoms with E-state index in [4.69, 9.17) is 0 Å². The van der Waals surface area contributed by atoms with Crippen LogP contribution in [0, 0.1) is 0 Å². The quantitative estimate of drug-likeness (QED) is 0.848. The summed E-state index contributed by atoms with van der Waals surface area (Å²) in [5, 5.41) is 4.09. The number of nitrogens with zero attached hydrogens (tertiary/aromatic N) is 1. The van der Waals surface area contributed by atoms with Gasteiger partial charge in [0.2, 0.25) is 5.91 Å². The van der Waals surface area contributed by atoms with Crippen molar-refractivity contribution in [1.82, 2.24) is 4.98 Å². The Hall–Kier alpha value is -1.42. The first kappa shape index (κ1) is 10.1. The van der Waals surface area contributed by atoms with E-state index in [2.05, 4.69) is 26.2 Å². The number of nitrogens with one attached hydrogen (secondary N) is 1. The lowest BCUT2D eigenvalue weighted by Crippen LogP contribution is -2.12. The van der Waals surface area contributed by atoms with Crippen LogP contribution in [-0.4, -0.2) is 16.2 Å². The molecule has 0 aliphatic rings. The summed E-state index contributed by atoms with van der Waals surface area (Å²) in [6, 6.07) is 9.54.